The quantitative estimate of drug-likeness (QED) is 0.551. The number of carbonyl (C=O) groups is 2. The number of amidine groups is 1. The van der Waals surface area contributed by atoms with Gasteiger partial charge in [0.15, 0.2) is 11.6 Å². The lowest BCUT2D eigenvalue weighted by molar-refractivity contribution is 0.0979. The predicted molar refractivity (Wildman–Crippen MR) is 109 cm³/mol. The SMILES string of the molecule is O=C1c2ccccc2C(=O)c2c1ccc1c2N=C(c2ccccc2)N2C=NNC12. The average molecular weight is 378 g/mol. The van der Waals surface area contributed by atoms with Gasteiger partial charge in [-0.1, -0.05) is 60.7 Å². The van der Waals surface area contributed by atoms with E-state index in [2.05, 4.69) is 10.5 Å². The maximum Gasteiger partial charge on any atom is 0.196 e. The first kappa shape index (κ1) is 15.9. The first-order valence-corrected chi connectivity index (χ1v) is 9.30. The lowest BCUT2D eigenvalue weighted by Gasteiger charge is -2.32. The van der Waals surface area contributed by atoms with Gasteiger partial charge in [0.1, 0.15) is 18.3 Å². The van der Waals surface area contributed by atoms with Gasteiger partial charge in [-0.05, 0) is 6.07 Å². The van der Waals surface area contributed by atoms with Gasteiger partial charge in [0.25, 0.3) is 0 Å². The van der Waals surface area contributed by atoms with Crippen molar-refractivity contribution in [3.8, 4) is 0 Å². The zero-order valence-corrected chi connectivity index (χ0v) is 15.2. The van der Waals surface area contributed by atoms with Gasteiger partial charge >= 0.3 is 0 Å². The molecule has 1 atom stereocenters. The largest absolute Gasteiger partial charge is 0.289 e. The fraction of sp³-hybridized carbons (Fsp3) is 0.0435. The van der Waals surface area contributed by atoms with Gasteiger partial charge in [-0.15, -0.1) is 0 Å². The number of benzene rings is 3. The van der Waals surface area contributed by atoms with Crippen LogP contribution in [0, 0.1) is 0 Å². The highest BCUT2D eigenvalue weighted by Crippen LogP contribution is 2.42. The molecular formula is C23H14N4O2. The maximum absolute atomic E-state index is 13.4. The fourth-order valence-corrected chi connectivity index (χ4v) is 4.18. The van der Waals surface area contributed by atoms with E-state index in [0.717, 1.165) is 11.1 Å². The van der Waals surface area contributed by atoms with E-state index in [1.165, 1.54) is 0 Å². The molecule has 0 aromatic heterocycles. The van der Waals surface area contributed by atoms with E-state index in [-0.39, 0.29) is 17.7 Å². The number of ketones is 2. The standard InChI is InChI=1S/C23H14N4O2/c28-20-14-8-4-5-9-15(14)21(29)18-16(20)10-11-17-19(18)25-22(13-6-2-1-3-7-13)27-12-24-26-23(17)27/h1-12,23,26H. The summed E-state index contributed by atoms with van der Waals surface area (Å²) in [5.74, 6) is 0.368. The molecule has 0 bridgehead atoms. The average Bonchev–Trinajstić information content (AvgIpc) is 3.27. The summed E-state index contributed by atoms with van der Waals surface area (Å²) in [6, 6.07) is 20.3. The maximum atomic E-state index is 13.4. The number of hydrogen-bond acceptors (Lipinski definition) is 6. The van der Waals surface area contributed by atoms with E-state index in [9.17, 15) is 9.59 Å². The Hall–Kier alpha value is -4.06. The van der Waals surface area contributed by atoms with E-state index in [1.807, 2.05) is 41.3 Å². The third-order valence-corrected chi connectivity index (χ3v) is 5.54. The Bertz CT molecular complexity index is 1280. The molecule has 1 unspecified atom stereocenters. The molecule has 138 valence electrons. The summed E-state index contributed by atoms with van der Waals surface area (Å²) in [6.45, 7) is 0. The monoisotopic (exact) mass is 378 g/mol. The van der Waals surface area contributed by atoms with Crippen molar-refractivity contribution < 1.29 is 9.59 Å². The second-order valence-electron chi connectivity index (χ2n) is 7.11. The van der Waals surface area contributed by atoms with Crippen molar-refractivity contribution >= 4 is 29.4 Å². The van der Waals surface area contributed by atoms with Gasteiger partial charge < -0.3 is 0 Å². The molecular weight excluding hydrogens is 364 g/mol. The molecule has 0 saturated carbocycles. The summed E-state index contributed by atoms with van der Waals surface area (Å²) >= 11 is 0. The zero-order chi connectivity index (χ0) is 19.5. The van der Waals surface area contributed by atoms with Gasteiger partial charge in [0.05, 0.1) is 11.3 Å². The number of aliphatic imine (C=N–C) groups is 1. The van der Waals surface area contributed by atoms with Crippen molar-refractivity contribution in [2.24, 2.45) is 10.1 Å². The van der Waals surface area contributed by atoms with E-state index in [1.54, 1.807) is 36.7 Å². The molecule has 3 aromatic carbocycles. The number of nitrogens with zero attached hydrogens (tertiary/aromatic N) is 3. The second-order valence-corrected chi connectivity index (χ2v) is 7.11. The van der Waals surface area contributed by atoms with Gasteiger partial charge in [-0.2, -0.15) is 5.10 Å². The van der Waals surface area contributed by atoms with Gasteiger partial charge in [-0.3, -0.25) is 19.9 Å². The van der Waals surface area contributed by atoms with Crippen LogP contribution < -0.4 is 5.43 Å². The van der Waals surface area contributed by atoms with Crippen LogP contribution in [0.15, 0.2) is 76.8 Å². The van der Waals surface area contributed by atoms with Crippen molar-refractivity contribution in [2.75, 3.05) is 0 Å². The van der Waals surface area contributed by atoms with Crippen LogP contribution in [0.5, 0.6) is 0 Å². The molecule has 1 N–H and O–H groups in total. The molecule has 2 aliphatic heterocycles. The minimum Gasteiger partial charge on any atom is -0.289 e. The van der Waals surface area contributed by atoms with Gasteiger partial charge in [-0.25, -0.2) is 4.99 Å². The molecule has 0 spiro atoms. The molecule has 6 heteroatoms. The third-order valence-electron chi connectivity index (χ3n) is 5.54. The number of rotatable bonds is 1. The van der Waals surface area contributed by atoms with E-state index >= 15 is 0 Å². The Morgan fingerprint density at radius 2 is 1.52 bits per heavy atom. The van der Waals surface area contributed by atoms with E-state index in [0.29, 0.717) is 33.8 Å². The van der Waals surface area contributed by atoms with Crippen molar-refractivity contribution in [3.63, 3.8) is 0 Å². The molecule has 29 heavy (non-hydrogen) atoms. The minimum absolute atomic E-state index is 0.146. The van der Waals surface area contributed by atoms with Crippen molar-refractivity contribution in [1.29, 1.82) is 0 Å². The highest BCUT2D eigenvalue weighted by molar-refractivity contribution is 6.30. The minimum atomic E-state index is -0.275. The summed E-state index contributed by atoms with van der Waals surface area (Å²) in [5.41, 5.74) is 6.98. The van der Waals surface area contributed by atoms with Crippen LogP contribution in [0.1, 0.15) is 49.1 Å². The van der Waals surface area contributed by atoms with Crippen molar-refractivity contribution in [1.82, 2.24) is 10.3 Å². The molecule has 6 rings (SSSR count). The second kappa shape index (κ2) is 5.72. The Morgan fingerprint density at radius 3 is 2.31 bits per heavy atom. The normalized spacial score (nSPS) is 18.4. The summed E-state index contributed by atoms with van der Waals surface area (Å²) in [5, 5.41) is 4.20. The molecule has 1 aliphatic carbocycles. The molecule has 0 fully saturated rings. The molecule has 0 amide bonds. The summed E-state index contributed by atoms with van der Waals surface area (Å²) in [7, 11) is 0. The fourth-order valence-electron chi connectivity index (χ4n) is 4.18. The molecule has 0 saturated heterocycles. The van der Waals surface area contributed by atoms with Crippen molar-refractivity contribution in [3.05, 3.63) is 100 Å². The lowest BCUT2D eigenvalue weighted by Crippen LogP contribution is -2.38. The number of hydrogen-bond donors (Lipinski definition) is 1. The van der Waals surface area contributed by atoms with Crippen LogP contribution in [0.2, 0.25) is 0 Å². The molecule has 6 nitrogen and oxygen atoms in total. The van der Waals surface area contributed by atoms with Crippen LogP contribution in [0.3, 0.4) is 0 Å². The molecule has 0 radical (unpaired) electrons. The Labute approximate surface area is 166 Å². The summed E-state index contributed by atoms with van der Waals surface area (Å²) < 4.78 is 0. The highest BCUT2D eigenvalue weighted by atomic mass is 16.1. The van der Waals surface area contributed by atoms with Crippen LogP contribution >= 0.6 is 0 Å². The zero-order valence-electron chi connectivity index (χ0n) is 15.2. The van der Waals surface area contributed by atoms with Crippen LogP contribution in [-0.2, 0) is 0 Å². The summed E-state index contributed by atoms with van der Waals surface area (Å²) in [6.07, 6.45) is 1.42. The first-order chi connectivity index (χ1) is 14.2. The molecule has 3 aliphatic rings. The third kappa shape index (κ3) is 2.11. The number of fused-ring (bicyclic) bond motifs is 6. The Kier molecular flexibility index (Phi) is 3.14. The highest BCUT2D eigenvalue weighted by Gasteiger charge is 2.39. The smallest absolute Gasteiger partial charge is 0.196 e. The topological polar surface area (TPSA) is 74.1 Å². The van der Waals surface area contributed by atoms with E-state index < -0.39 is 0 Å². The van der Waals surface area contributed by atoms with Crippen molar-refractivity contribution in [2.45, 2.75) is 6.17 Å². The van der Waals surface area contributed by atoms with Gasteiger partial charge in [0.2, 0.25) is 0 Å². The number of carbonyl (C=O) groups excluding carboxylic acids is 2. The number of nitrogens with one attached hydrogen (secondary N) is 1. The predicted octanol–water partition coefficient (Wildman–Crippen LogP) is 3.40. The first-order valence-electron chi connectivity index (χ1n) is 9.30. The molecule has 2 heterocycles. The van der Waals surface area contributed by atoms with Crippen LogP contribution in [0.4, 0.5) is 5.69 Å². The van der Waals surface area contributed by atoms with Crippen LogP contribution in [0.25, 0.3) is 0 Å². The van der Waals surface area contributed by atoms with E-state index in [4.69, 9.17) is 4.99 Å². The lowest BCUT2D eigenvalue weighted by atomic mass is 9.81. The Morgan fingerprint density at radius 1 is 0.793 bits per heavy atom. The summed E-state index contributed by atoms with van der Waals surface area (Å²) in [4.78, 5) is 33.2. The van der Waals surface area contributed by atoms with Gasteiger partial charge in [0, 0.05) is 27.8 Å². The Balaban J connectivity index is 1.63. The van der Waals surface area contributed by atoms with Crippen LogP contribution in [-0.4, -0.2) is 28.6 Å². The molecule has 3 aromatic rings. The number of hydrazone groups is 1.